The van der Waals surface area contributed by atoms with Crippen molar-refractivity contribution in [3.63, 3.8) is 0 Å². The van der Waals surface area contributed by atoms with E-state index in [4.69, 9.17) is 39.4 Å². The Labute approximate surface area is 180 Å². The molecule has 1 aromatic rings. The lowest BCUT2D eigenvalue weighted by atomic mass is 9.94. The van der Waals surface area contributed by atoms with E-state index in [0.717, 1.165) is 6.42 Å². The molecule has 1 rings (SSSR count). The molecule has 10 heteroatoms. The van der Waals surface area contributed by atoms with Crippen LogP contribution in [0.3, 0.4) is 0 Å². The molecule has 1 aromatic carbocycles. The molecule has 5 N–H and O–H groups in total. The zero-order chi connectivity index (χ0) is 22.0. The van der Waals surface area contributed by atoms with Gasteiger partial charge in [-0.1, -0.05) is 49.5 Å². The summed E-state index contributed by atoms with van der Waals surface area (Å²) in [5.41, 5.74) is 11.8. The van der Waals surface area contributed by atoms with Crippen LogP contribution < -0.4 is 16.8 Å². The van der Waals surface area contributed by atoms with Crippen molar-refractivity contribution < 1.29 is 19.1 Å². The Bertz CT molecular complexity index is 750. The van der Waals surface area contributed by atoms with Crippen molar-refractivity contribution in [1.29, 1.82) is 0 Å². The SMILES string of the molecule is CC[C@H](C)[C@H](N)C(=O)CCCOC(=O)N=C(N)NC(=O)Cc1c(Cl)cccc1Cl. The fraction of sp³-hybridized carbons (Fsp3) is 0.474. The van der Waals surface area contributed by atoms with Crippen LogP contribution in [0.2, 0.25) is 10.0 Å². The zero-order valence-electron chi connectivity index (χ0n) is 16.4. The Morgan fingerprint density at radius 3 is 2.45 bits per heavy atom. The number of halogens is 2. The summed E-state index contributed by atoms with van der Waals surface area (Å²) in [6, 6.07) is 4.34. The van der Waals surface area contributed by atoms with Gasteiger partial charge in [0.15, 0.2) is 0 Å². The monoisotopic (exact) mass is 444 g/mol. The molecule has 0 heterocycles. The Morgan fingerprint density at radius 2 is 1.86 bits per heavy atom. The summed E-state index contributed by atoms with van der Waals surface area (Å²) >= 11 is 12.0. The number of ether oxygens (including phenoxy) is 1. The van der Waals surface area contributed by atoms with Crippen molar-refractivity contribution >= 4 is 46.9 Å². The topological polar surface area (TPSA) is 137 Å². The molecule has 0 spiro atoms. The summed E-state index contributed by atoms with van der Waals surface area (Å²) in [7, 11) is 0. The van der Waals surface area contributed by atoms with Gasteiger partial charge in [0.25, 0.3) is 0 Å². The third-order valence-corrected chi connectivity index (χ3v) is 5.01. The van der Waals surface area contributed by atoms with Crippen LogP contribution >= 0.6 is 23.2 Å². The van der Waals surface area contributed by atoms with Gasteiger partial charge in [-0.3, -0.25) is 14.9 Å². The van der Waals surface area contributed by atoms with Crippen LogP contribution in [0, 0.1) is 5.92 Å². The summed E-state index contributed by atoms with van der Waals surface area (Å²) in [6.45, 7) is 3.86. The van der Waals surface area contributed by atoms with Crippen LogP contribution in [0.4, 0.5) is 4.79 Å². The van der Waals surface area contributed by atoms with Gasteiger partial charge in [-0.25, -0.2) is 4.79 Å². The van der Waals surface area contributed by atoms with Crippen LogP contribution in [0.15, 0.2) is 23.2 Å². The molecular formula is C19H26Cl2N4O4. The number of nitrogens with zero attached hydrogens (tertiary/aromatic N) is 1. The maximum Gasteiger partial charge on any atom is 0.436 e. The first-order valence-electron chi connectivity index (χ1n) is 9.17. The van der Waals surface area contributed by atoms with Crippen molar-refractivity contribution in [3.05, 3.63) is 33.8 Å². The van der Waals surface area contributed by atoms with E-state index in [0.29, 0.717) is 22.0 Å². The van der Waals surface area contributed by atoms with Gasteiger partial charge in [0, 0.05) is 16.5 Å². The van der Waals surface area contributed by atoms with E-state index in [-0.39, 0.29) is 31.1 Å². The van der Waals surface area contributed by atoms with E-state index in [1.54, 1.807) is 18.2 Å². The molecule has 29 heavy (non-hydrogen) atoms. The number of Topliss-reactive ketones (excluding diaryl/α,β-unsaturated/α-hetero) is 1. The molecule has 0 aliphatic rings. The second-order valence-electron chi connectivity index (χ2n) is 6.52. The van der Waals surface area contributed by atoms with E-state index >= 15 is 0 Å². The summed E-state index contributed by atoms with van der Waals surface area (Å²) in [5.74, 6) is -0.945. The van der Waals surface area contributed by atoms with Crippen LogP contribution in [0.5, 0.6) is 0 Å². The lowest BCUT2D eigenvalue weighted by Crippen LogP contribution is -2.38. The van der Waals surface area contributed by atoms with Gasteiger partial charge in [0.2, 0.25) is 11.9 Å². The van der Waals surface area contributed by atoms with Gasteiger partial charge in [0.1, 0.15) is 5.78 Å². The number of ketones is 1. The second kappa shape index (κ2) is 12.4. The predicted molar refractivity (Wildman–Crippen MR) is 113 cm³/mol. The summed E-state index contributed by atoms with van der Waals surface area (Å²) in [6.07, 6.45) is 0.221. The number of nitrogens with two attached hydrogens (primary N) is 2. The number of guanidine groups is 1. The minimum absolute atomic E-state index is 0.0161. The molecule has 2 amide bonds. The van der Waals surface area contributed by atoms with Gasteiger partial charge >= 0.3 is 6.09 Å². The Morgan fingerprint density at radius 1 is 1.24 bits per heavy atom. The van der Waals surface area contributed by atoms with Crippen LogP contribution in [0.1, 0.15) is 38.7 Å². The van der Waals surface area contributed by atoms with E-state index < -0.39 is 24.0 Å². The van der Waals surface area contributed by atoms with Gasteiger partial charge in [-0.15, -0.1) is 4.99 Å². The minimum atomic E-state index is -0.975. The predicted octanol–water partition coefficient (Wildman–Crippen LogP) is 2.83. The largest absolute Gasteiger partial charge is 0.448 e. The van der Waals surface area contributed by atoms with E-state index in [1.165, 1.54) is 0 Å². The summed E-state index contributed by atoms with van der Waals surface area (Å²) in [4.78, 5) is 39.0. The number of rotatable bonds is 9. The molecular weight excluding hydrogens is 419 g/mol. The van der Waals surface area contributed by atoms with Crippen molar-refractivity contribution in [2.24, 2.45) is 22.4 Å². The number of hydrogen-bond donors (Lipinski definition) is 3. The maximum absolute atomic E-state index is 12.0. The van der Waals surface area contributed by atoms with E-state index in [9.17, 15) is 14.4 Å². The molecule has 0 aliphatic heterocycles. The first-order chi connectivity index (χ1) is 13.6. The second-order valence-corrected chi connectivity index (χ2v) is 7.33. The molecule has 0 saturated heterocycles. The molecule has 0 aromatic heterocycles. The van der Waals surface area contributed by atoms with Crippen molar-refractivity contribution in [2.45, 2.75) is 45.6 Å². The molecule has 0 aliphatic carbocycles. The summed E-state index contributed by atoms with van der Waals surface area (Å²) in [5, 5.41) is 2.93. The molecule has 0 saturated carbocycles. The summed E-state index contributed by atoms with van der Waals surface area (Å²) < 4.78 is 4.87. The van der Waals surface area contributed by atoms with Crippen molar-refractivity contribution in [2.75, 3.05) is 6.61 Å². The molecule has 8 nitrogen and oxygen atoms in total. The number of carbonyl (C=O) groups excluding carboxylic acids is 3. The third-order valence-electron chi connectivity index (χ3n) is 4.30. The van der Waals surface area contributed by atoms with Gasteiger partial charge in [-0.05, 0) is 30.0 Å². The minimum Gasteiger partial charge on any atom is -0.448 e. The third kappa shape index (κ3) is 8.81. The number of hydrogen-bond acceptors (Lipinski definition) is 5. The number of nitrogens with one attached hydrogen (secondary N) is 1. The lowest BCUT2D eigenvalue weighted by Gasteiger charge is -2.16. The average Bonchev–Trinajstić information content (AvgIpc) is 2.66. The smallest absolute Gasteiger partial charge is 0.436 e. The Balaban J connectivity index is 2.40. The maximum atomic E-state index is 12.0. The highest BCUT2D eigenvalue weighted by Crippen LogP contribution is 2.24. The molecule has 2 atom stereocenters. The Hall–Kier alpha value is -2.16. The van der Waals surface area contributed by atoms with Gasteiger partial charge < -0.3 is 16.2 Å². The number of benzene rings is 1. The van der Waals surface area contributed by atoms with Crippen LogP contribution in [-0.2, 0) is 20.7 Å². The van der Waals surface area contributed by atoms with Crippen molar-refractivity contribution in [1.82, 2.24) is 5.32 Å². The molecule has 0 radical (unpaired) electrons. The fourth-order valence-corrected chi connectivity index (χ4v) is 2.88. The standard InChI is InChI=1S/C19H26Cl2N4O4/c1-3-11(2)17(22)15(26)8-5-9-29-19(28)25-18(23)24-16(27)10-12-13(20)6-4-7-14(12)21/h4,6-7,11,17H,3,5,8-10,22H2,1-2H3,(H3,23,24,25,27,28)/t11-,17-/m0/s1. The van der Waals surface area contributed by atoms with Crippen LogP contribution in [-0.4, -0.2) is 36.4 Å². The van der Waals surface area contributed by atoms with E-state index in [1.807, 2.05) is 13.8 Å². The highest BCUT2D eigenvalue weighted by atomic mass is 35.5. The quantitative estimate of drug-likeness (QED) is 0.304. The first-order valence-corrected chi connectivity index (χ1v) is 9.93. The zero-order valence-corrected chi connectivity index (χ0v) is 17.9. The normalized spacial score (nSPS) is 13.5. The van der Waals surface area contributed by atoms with Crippen LogP contribution in [0.25, 0.3) is 0 Å². The highest BCUT2D eigenvalue weighted by molar-refractivity contribution is 6.36. The van der Waals surface area contributed by atoms with Gasteiger partial charge in [-0.2, -0.15) is 0 Å². The molecule has 0 unspecified atom stereocenters. The number of aliphatic imine (C=N–C) groups is 1. The molecule has 0 bridgehead atoms. The first kappa shape index (κ1) is 24.9. The fourth-order valence-electron chi connectivity index (χ4n) is 2.35. The number of carbonyl (C=O) groups is 3. The van der Waals surface area contributed by atoms with Crippen molar-refractivity contribution in [3.8, 4) is 0 Å². The van der Waals surface area contributed by atoms with E-state index in [2.05, 4.69) is 10.3 Å². The highest BCUT2D eigenvalue weighted by Gasteiger charge is 2.19. The number of amides is 2. The van der Waals surface area contributed by atoms with Gasteiger partial charge in [0.05, 0.1) is 19.1 Å². The average molecular weight is 445 g/mol. The lowest BCUT2D eigenvalue weighted by molar-refractivity contribution is -0.121. The Kier molecular flexibility index (Phi) is 10.6. The molecule has 0 fully saturated rings. The molecule has 160 valence electrons.